The zero-order valence-corrected chi connectivity index (χ0v) is 7.53. The number of rotatable bonds is 4. The zero-order valence-electron chi connectivity index (χ0n) is 7.53. The van der Waals surface area contributed by atoms with Gasteiger partial charge < -0.3 is 9.84 Å². The Labute approximate surface area is 71.5 Å². The van der Waals surface area contributed by atoms with E-state index in [0.29, 0.717) is 0 Å². The summed E-state index contributed by atoms with van der Waals surface area (Å²) in [7, 11) is 0. The summed E-state index contributed by atoms with van der Waals surface area (Å²) in [5.41, 5.74) is 0. The molecular weight excluding hydrogens is 160 g/mol. The quantitative estimate of drug-likeness (QED) is 0.643. The highest BCUT2D eigenvalue weighted by Crippen LogP contribution is 2.00. The van der Waals surface area contributed by atoms with E-state index in [2.05, 4.69) is 0 Å². The fourth-order valence-electron chi connectivity index (χ4n) is 0.445. The lowest BCUT2D eigenvalue weighted by Crippen LogP contribution is -2.21. The molecule has 0 saturated carbocycles. The molecule has 1 atom stereocenters. The molecule has 4 nitrogen and oxygen atoms in total. The van der Waals surface area contributed by atoms with E-state index >= 15 is 0 Å². The van der Waals surface area contributed by atoms with Gasteiger partial charge in [0.25, 0.3) is 0 Å². The Kier molecular flexibility index (Phi) is 4.33. The summed E-state index contributed by atoms with van der Waals surface area (Å²) < 4.78 is 4.71. The highest BCUT2D eigenvalue weighted by molar-refractivity contribution is 5.73. The predicted octanol–water partition coefficient (Wildman–Crippen LogP) is 0.906. The van der Waals surface area contributed by atoms with Gasteiger partial charge in [-0.25, -0.2) is 0 Å². The van der Waals surface area contributed by atoms with Gasteiger partial charge in [-0.3, -0.25) is 9.59 Å². The number of carboxylic acids is 1. The largest absolute Gasteiger partial charge is 0.481 e. The van der Waals surface area contributed by atoms with Crippen LogP contribution in [0.15, 0.2) is 0 Å². The summed E-state index contributed by atoms with van der Waals surface area (Å²) in [4.78, 5) is 21.1. The van der Waals surface area contributed by atoms with Crippen LogP contribution in [0.4, 0.5) is 0 Å². The molecule has 0 radical (unpaired) electrons. The topological polar surface area (TPSA) is 63.6 Å². The van der Waals surface area contributed by atoms with Crippen LogP contribution in [0.2, 0.25) is 0 Å². The summed E-state index contributed by atoms with van der Waals surface area (Å²) in [6.45, 7) is 4.85. The van der Waals surface area contributed by atoms with Crippen molar-refractivity contribution in [1.82, 2.24) is 0 Å². The fraction of sp³-hybridized carbons (Fsp3) is 0.750. The summed E-state index contributed by atoms with van der Waals surface area (Å²) in [6, 6.07) is 0. The highest BCUT2D eigenvalue weighted by atomic mass is 16.5. The van der Waals surface area contributed by atoms with Gasteiger partial charge in [-0.05, 0) is 6.92 Å². The molecule has 0 amide bonds. The van der Waals surface area contributed by atoms with Crippen molar-refractivity contribution in [2.75, 3.05) is 6.61 Å². The third kappa shape index (κ3) is 3.95. The fourth-order valence-corrected chi connectivity index (χ4v) is 0.445. The standard InChI is InChI=1S/C8H14O4/c1-5(2)8(11)12-4-6(3)7(9)10/h5-6H,4H2,1-3H3,(H,9,10). The summed E-state index contributed by atoms with van der Waals surface area (Å²) in [5, 5.41) is 8.44. The van der Waals surface area contributed by atoms with Crippen molar-refractivity contribution in [3.05, 3.63) is 0 Å². The third-order valence-corrected chi connectivity index (χ3v) is 1.37. The highest BCUT2D eigenvalue weighted by Gasteiger charge is 2.15. The van der Waals surface area contributed by atoms with Crippen molar-refractivity contribution >= 4 is 11.9 Å². The lowest BCUT2D eigenvalue weighted by Gasteiger charge is -2.09. The van der Waals surface area contributed by atoms with Crippen LogP contribution in [0, 0.1) is 11.8 Å². The van der Waals surface area contributed by atoms with Crippen molar-refractivity contribution in [3.63, 3.8) is 0 Å². The van der Waals surface area contributed by atoms with Crippen molar-refractivity contribution in [2.24, 2.45) is 11.8 Å². The summed E-state index contributed by atoms with van der Waals surface area (Å²) in [6.07, 6.45) is 0. The van der Waals surface area contributed by atoms with Crippen LogP contribution in [0.1, 0.15) is 20.8 Å². The maximum Gasteiger partial charge on any atom is 0.309 e. The van der Waals surface area contributed by atoms with E-state index in [9.17, 15) is 9.59 Å². The Hall–Kier alpha value is -1.06. The first kappa shape index (κ1) is 10.9. The number of esters is 1. The van der Waals surface area contributed by atoms with Gasteiger partial charge in [0.2, 0.25) is 0 Å². The molecule has 70 valence electrons. The molecule has 0 fully saturated rings. The molecular formula is C8H14O4. The van der Waals surface area contributed by atoms with Crippen molar-refractivity contribution < 1.29 is 19.4 Å². The van der Waals surface area contributed by atoms with Gasteiger partial charge in [0.05, 0.1) is 11.8 Å². The molecule has 0 aliphatic carbocycles. The molecule has 0 heterocycles. The molecule has 0 aromatic rings. The lowest BCUT2D eigenvalue weighted by molar-refractivity contribution is -0.152. The molecule has 0 aromatic carbocycles. The first-order valence-electron chi connectivity index (χ1n) is 3.84. The molecule has 0 aromatic heterocycles. The molecule has 0 bridgehead atoms. The second-order valence-electron chi connectivity index (χ2n) is 3.02. The van der Waals surface area contributed by atoms with Crippen LogP contribution in [-0.2, 0) is 14.3 Å². The minimum Gasteiger partial charge on any atom is -0.481 e. The van der Waals surface area contributed by atoms with Gasteiger partial charge in [0.15, 0.2) is 0 Å². The number of ether oxygens (including phenoxy) is 1. The average Bonchev–Trinajstić information content (AvgIpc) is 1.98. The van der Waals surface area contributed by atoms with Crippen LogP contribution in [-0.4, -0.2) is 23.7 Å². The molecule has 12 heavy (non-hydrogen) atoms. The molecule has 0 aliphatic rings. The second-order valence-corrected chi connectivity index (χ2v) is 3.02. The number of aliphatic carboxylic acids is 1. The molecule has 0 aliphatic heterocycles. The van der Waals surface area contributed by atoms with Gasteiger partial charge in [0, 0.05) is 0 Å². The first-order chi connectivity index (χ1) is 5.45. The van der Waals surface area contributed by atoms with E-state index in [1.54, 1.807) is 13.8 Å². The van der Waals surface area contributed by atoms with E-state index < -0.39 is 11.9 Å². The molecule has 4 heteroatoms. The van der Waals surface area contributed by atoms with Gasteiger partial charge in [0.1, 0.15) is 6.61 Å². The Morgan fingerprint density at radius 3 is 2.17 bits per heavy atom. The van der Waals surface area contributed by atoms with Crippen molar-refractivity contribution in [1.29, 1.82) is 0 Å². The average molecular weight is 174 g/mol. The van der Waals surface area contributed by atoms with Crippen LogP contribution >= 0.6 is 0 Å². The smallest absolute Gasteiger partial charge is 0.309 e. The second kappa shape index (κ2) is 4.74. The SMILES string of the molecule is CC(C)C(=O)OCC(C)C(=O)O. The first-order valence-corrected chi connectivity index (χ1v) is 3.84. The number of hydrogen-bond donors (Lipinski definition) is 1. The van der Waals surface area contributed by atoms with E-state index in [1.807, 2.05) is 0 Å². The molecule has 0 spiro atoms. The van der Waals surface area contributed by atoms with Crippen LogP contribution in [0.25, 0.3) is 0 Å². The van der Waals surface area contributed by atoms with Crippen LogP contribution < -0.4 is 0 Å². The van der Waals surface area contributed by atoms with E-state index in [4.69, 9.17) is 9.84 Å². The van der Waals surface area contributed by atoms with Gasteiger partial charge in [-0.1, -0.05) is 13.8 Å². The number of carboxylic acid groups (broad SMARTS) is 1. The summed E-state index contributed by atoms with van der Waals surface area (Å²) >= 11 is 0. The third-order valence-electron chi connectivity index (χ3n) is 1.37. The Morgan fingerprint density at radius 1 is 1.33 bits per heavy atom. The monoisotopic (exact) mass is 174 g/mol. The van der Waals surface area contributed by atoms with Crippen LogP contribution in [0.3, 0.4) is 0 Å². The van der Waals surface area contributed by atoms with Gasteiger partial charge in [-0.15, -0.1) is 0 Å². The normalized spacial score (nSPS) is 12.7. The minimum absolute atomic E-state index is 0.0493. The summed E-state index contributed by atoms with van der Waals surface area (Å²) in [5.74, 6) is -2.15. The van der Waals surface area contributed by atoms with E-state index in [-0.39, 0.29) is 18.5 Å². The number of hydrogen-bond acceptors (Lipinski definition) is 3. The maximum atomic E-state index is 10.9. The predicted molar refractivity (Wildman–Crippen MR) is 42.6 cm³/mol. The van der Waals surface area contributed by atoms with Crippen molar-refractivity contribution in [3.8, 4) is 0 Å². The molecule has 1 N–H and O–H groups in total. The number of carbonyl (C=O) groups is 2. The Morgan fingerprint density at radius 2 is 1.83 bits per heavy atom. The maximum absolute atomic E-state index is 10.9. The molecule has 0 saturated heterocycles. The van der Waals surface area contributed by atoms with Gasteiger partial charge in [-0.2, -0.15) is 0 Å². The Bertz CT molecular complexity index is 174. The van der Waals surface area contributed by atoms with Gasteiger partial charge >= 0.3 is 11.9 Å². The van der Waals surface area contributed by atoms with Crippen molar-refractivity contribution in [2.45, 2.75) is 20.8 Å². The Balaban J connectivity index is 3.69. The lowest BCUT2D eigenvalue weighted by atomic mass is 10.2. The molecule has 0 rings (SSSR count). The van der Waals surface area contributed by atoms with E-state index in [1.165, 1.54) is 6.92 Å². The zero-order chi connectivity index (χ0) is 9.72. The number of carbonyl (C=O) groups excluding carboxylic acids is 1. The minimum atomic E-state index is -0.952. The van der Waals surface area contributed by atoms with Crippen LogP contribution in [0.5, 0.6) is 0 Å². The van der Waals surface area contributed by atoms with E-state index in [0.717, 1.165) is 0 Å². The molecule has 1 unspecified atom stereocenters.